The van der Waals surface area contributed by atoms with Gasteiger partial charge in [-0.2, -0.15) is 0 Å². The van der Waals surface area contributed by atoms with E-state index in [4.69, 9.17) is 23.2 Å². The fourth-order valence-corrected chi connectivity index (χ4v) is 3.29. The minimum absolute atomic E-state index is 0.565. The van der Waals surface area contributed by atoms with E-state index in [-0.39, 0.29) is 0 Å². The normalized spacial score (nSPS) is 21.9. The predicted molar refractivity (Wildman–Crippen MR) is 80.3 cm³/mol. The zero-order chi connectivity index (χ0) is 12.5. The second kappa shape index (κ2) is 5.32. The van der Waals surface area contributed by atoms with Gasteiger partial charge in [-0.25, -0.2) is 4.99 Å². The van der Waals surface area contributed by atoms with Crippen LogP contribution in [0.15, 0.2) is 23.2 Å². The van der Waals surface area contributed by atoms with Crippen molar-refractivity contribution in [2.75, 3.05) is 18.8 Å². The van der Waals surface area contributed by atoms with Gasteiger partial charge in [0.2, 0.25) is 0 Å². The number of nitrogens with zero attached hydrogens (tertiary/aromatic N) is 2. The third kappa shape index (κ3) is 2.95. The lowest BCUT2D eigenvalue weighted by Crippen LogP contribution is -2.26. The molecule has 0 unspecified atom stereocenters. The Kier molecular flexibility index (Phi) is 3.73. The van der Waals surface area contributed by atoms with E-state index < -0.39 is 0 Å². The van der Waals surface area contributed by atoms with Crippen molar-refractivity contribution in [1.29, 1.82) is 0 Å². The van der Waals surface area contributed by atoms with Gasteiger partial charge in [-0.3, -0.25) is 0 Å². The van der Waals surface area contributed by atoms with Crippen molar-refractivity contribution in [3.05, 3.63) is 28.2 Å². The first-order chi connectivity index (χ1) is 8.72. The fourth-order valence-electron chi connectivity index (χ4n) is 1.98. The Hall–Kier alpha value is -0.380. The van der Waals surface area contributed by atoms with Gasteiger partial charge in [-0.1, -0.05) is 35.0 Å². The Morgan fingerprint density at radius 3 is 2.83 bits per heavy atom. The first-order valence-electron chi connectivity index (χ1n) is 6.14. The number of aliphatic imine (C=N–C) groups is 1. The third-order valence-electron chi connectivity index (χ3n) is 3.17. The predicted octanol–water partition coefficient (Wildman–Crippen LogP) is 4.44. The van der Waals surface area contributed by atoms with E-state index in [1.54, 1.807) is 6.07 Å². The molecule has 96 valence electrons. The minimum Gasteiger partial charge on any atom is -0.350 e. The summed E-state index contributed by atoms with van der Waals surface area (Å²) >= 11 is 13.7. The monoisotopic (exact) mass is 300 g/mol. The van der Waals surface area contributed by atoms with Crippen molar-refractivity contribution >= 4 is 45.8 Å². The maximum atomic E-state index is 6.01. The van der Waals surface area contributed by atoms with Gasteiger partial charge in [-0.05, 0) is 37.0 Å². The maximum absolute atomic E-state index is 6.01. The molecular weight excluding hydrogens is 287 g/mol. The van der Waals surface area contributed by atoms with E-state index in [1.165, 1.54) is 12.8 Å². The lowest BCUT2D eigenvalue weighted by atomic mass is 10.3. The number of hydrogen-bond acceptors (Lipinski definition) is 2. The highest BCUT2D eigenvalue weighted by molar-refractivity contribution is 8.14. The van der Waals surface area contributed by atoms with Crippen LogP contribution in [0.1, 0.15) is 12.8 Å². The smallest absolute Gasteiger partial charge is 0.164 e. The molecule has 18 heavy (non-hydrogen) atoms. The highest BCUT2D eigenvalue weighted by atomic mass is 35.5. The number of halogens is 2. The van der Waals surface area contributed by atoms with Crippen LogP contribution in [0, 0.1) is 5.92 Å². The number of amidine groups is 1. The Bertz CT molecular complexity index is 486. The molecule has 3 rings (SSSR count). The first-order valence-corrected chi connectivity index (χ1v) is 7.88. The summed E-state index contributed by atoms with van der Waals surface area (Å²) in [6.07, 6.45) is 2.75. The van der Waals surface area contributed by atoms with Crippen LogP contribution < -0.4 is 0 Å². The maximum Gasteiger partial charge on any atom is 0.164 e. The zero-order valence-corrected chi connectivity index (χ0v) is 12.2. The van der Waals surface area contributed by atoms with Gasteiger partial charge < -0.3 is 4.90 Å². The molecule has 0 spiro atoms. The standard InChI is InChI=1S/C13H14Cl2N2S/c14-11-4-3-10(7-12(11)15)16-13-17(5-6-18-13)8-9-1-2-9/h3-4,7,9H,1-2,5-6,8H2/b16-13-. The van der Waals surface area contributed by atoms with Crippen LogP contribution in [-0.4, -0.2) is 28.9 Å². The SMILES string of the molecule is Clc1ccc(/N=C2\SCCN2CC2CC2)cc1Cl. The molecule has 0 atom stereocenters. The lowest BCUT2D eigenvalue weighted by Gasteiger charge is -2.17. The summed E-state index contributed by atoms with van der Waals surface area (Å²) in [4.78, 5) is 7.08. The van der Waals surface area contributed by atoms with Crippen LogP contribution in [0.2, 0.25) is 10.0 Å². The van der Waals surface area contributed by atoms with Gasteiger partial charge in [0.25, 0.3) is 0 Å². The third-order valence-corrected chi connectivity index (χ3v) is 4.90. The van der Waals surface area contributed by atoms with E-state index in [9.17, 15) is 0 Å². The first kappa shape index (κ1) is 12.6. The molecule has 0 bridgehead atoms. The van der Waals surface area contributed by atoms with Crippen LogP contribution in [0.4, 0.5) is 5.69 Å². The van der Waals surface area contributed by atoms with E-state index in [1.807, 2.05) is 23.9 Å². The molecule has 1 saturated carbocycles. The van der Waals surface area contributed by atoms with Gasteiger partial charge in [0.1, 0.15) is 0 Å². The average molecular weight is 301 g/mol. The topological polar surface area (TPSA) is 15.6 Å². The van der Waals surface area contributed by atoms with E-state index in [0.29, 0.717) is 10.0 Å². The van der Waals surface area contributed by atoms with Crippen LogP contribution >= 0.6 is 35.0 Å². The summed E-state index contributed by atoms with van der Waals surface area (Å²) in [5.41, 5.74) is 0.884. The van der Waals surface area contributed by atoms with Gasteiger partial charge in [-0.15, -0.1) is 0 Å². The Labute approximate surface area is 121 Å². The second-order valence-corrected chi connectivity index (χ2v) is 6.61. The van der Waals surface area contributed by atoms with Crippen LogP contribution in [0.25, 0.3) is 0 Å². The molecule has 2 fully saturated rings. The van der Waals surface area contributed by atoms with Crippen LogP contribution in [0.5, 0.6) is 0 Å². The molecular formula is C13H14Cl2N2S. The molecule has 1 aromatic rings. The van der Waals surface area contributed by atoms with Crippen molar-refractivity contribution in [2.45, 2.75) is 12.8 Å². The van der Waals surface area contributed by atoms with Crippen molar-refractivity contribution in [1.82, 2.24) is 4.90 Å². The van der Waals surface area contributed by atoms with Crippen LogP contribution in [-0.2, 0) is 0 Å². The molecule has 0 radical (unpaired) electrons. The summed E-state index contributed by atoms with van der Waals surface area (Å²) in [7, 11) is 0. The van der Waals surface area contributed by atoms with Crippen molar-refractivity contribution in [3.8, 4) is 0 Å². The van der Waals surface area contributed by atoms with E-state index in [0.717, 1.165) is 35.6 Å². The summed E-state index contributed by atoms with van der Waals surface area (Å²) < 4.78 is 0. The number of hydrogen-bond donors (Lipinski definition) is 0. The van der Waals surface area contributed by atoms with Gasteiger partial charge in [0.05, 0.1) is 15.7 Å². The fraction of sp³-hybridized carbons (Fsp3) is 0.462. The quantitative estimate of drug-likeness (QED) is 0.820. The molecule has 2 aliphatic rings. The Balaban J connectivity index is 1.78. The molecule has 0 amide bonds. The molecule has 1 aliphatic heterocycles. The molecule has 1 saturated heterocycles. The van der Waals surface area contributed by atoms with Gasteiger partial charge in [0, 0.05) is 18.8 Å². The molecule has 0 aromatic heterocycles. The Morgan fingerprint density at radius 2 is 2.11 bits per heavy atom. The van der Waals surface area contributed by atoms with Crippen molar-refractivity contribution in [2.24, 2.45) is 10.9 Å². The van der Waals surface area contributed by atoms with E-state index >= 15 is 0 Å². The Morgan fingerprint density at radius 1 is 1.28 bits per heavy atom. The largest absolute Gasteiger partial charge is 0.350 e. The number of benzene rings is 1. The number of rotatable bonds is 3. The summed E-state index contributed by atoms with van der Waals surface area (Å²) in [5.74, 6) is 2.02. The second-order valence-electron chi connectivity index (χ2n) is 4.73. The molecule has 1 aromatic carbocycles. The zero-order valence-electron chi connectivity index (χ0n) is 9.90. The van der Waals surface area contributed by atoms with Crippen molar-refractivity contribution < 1.29 is 0 Å². The molecule has 1 heterocycles. The number of thioether (sulfide) groups is 1. The summed E-state index contributed by atoms with van der Waals surface area (Å²) in [6.45, 7) is 2.27. The van der Waals surface area contributed by atoms with Gasteiger partial charge in [0.15, 0.2) is 5.17 Å². The molecule has 2 nitrogen and oxygen atoms in total. The van der Waals surface area contributed by atoms with Crippen LogP contribution in [0.3, 0.4) is 0 Å². The molecule has 5 heteroatoms. The highest BCUT2D eigenvalue weighted by Gasteiger charge is 2.28. The average Bonchev–Trinajstić information content (AvgIpc) is 3.05. The molecule has 1 aliphatic carbocycles. The molecule has 0 N–H and O–H groups in total. The summed E-state index contributed by atoms with van der Waals surface area (Å²) in [6, 6.07) is 5.54. The van der Waals surface area contributed by atoms with Gasteiger partial charge >= 0.3 is 0 Å². The minimum atomic E-state index is 0.565. The summed E-state index contributed by atoms with van der Waals surface area (Å²) in [5, 5.41) is 2.27. The highest BCUT2D eigenvalue weighted by Crippen LogP contribution is 2.33. The van der Waals surface area contributed by atoms with Crippen molar-refractivity contribution in [3.63, 3.8) is 0 Å². The lowest BCUT2D eigenvalue weighted by molar-refractivity contribution is 0.438. The van der Waals surface area contributed by atoms with E-state index in [2.05, 4.69) is 9.89 Å².